The monoisotopic (exact) mass is 320 g/mol. The van der Waals surface area contributed by atoms with Crippen molar-refractivity contribution in [3.63, 3.8) is 0 Å². The highest BCUT2D eigenvalue weighted by Gasteiger charge is 2.27. The van der Waals surface area contributed by atoms with Crippen molar-refractivity contribution >= 4 is 21.4 Å². The van der Waals surface area contributed by atoms with Crippen LogP contribution in [0.1, 0.15) is 13.8 Å². The number of nitrogens with zero attached hydrogens (tertiary/aromatic N) is 2. The molecule has 0 aliphatic carbocycles. The molecule has 6 nitrogen and oxygen atoms in total. The van der Waals surface area contributed by atoms with Crippen LogP contribution in [0.15, 0.2) is 59.5 Å². The van der Waals surface area contributed by atoms with Crippen LogP contribution in [0.5, 0.6) is 0 Å². The second kappa shape index (κ2) is 6.15. The Hall–Kier alpha value is -2.41. The summed E-state index contributed by atoms with van der Waals surface area (Å²) >= 11 is 0. The minimum atomic E-state index is -3.79. The zero-order chi connectivity index (χ0) is 16.3. The largest absolute Gasteiger partial charge is 0.269 e. The fourth-order valence-electron chi connectivity index (χ4n) is 2.14. The Labute approximate surface area is 129 Å². The summed E-state index contributed by atoms with van der Waals surface area (Å²) in [5.41, 5.74) is 0.408. The Morgan fingerprint density at radius 3 is 2.00 bits per heavy atom. The van der Waals surface area contributed by atoms with Crippen LogP contribution in [0, 0.1) is 10.1 Å². The van der Waals surface area contributed by atoms with Gasteiger partial charge in [-0.15, -0.1) is 0 Å². The van der Waals surface area contributed by atoms with E-state index >= 15 is 0 Å². The van der Waals surface area contributed by atoms with Crippen molar-refractivity contribution in [1.82, 2.24) is 0 Å². The Kier molecular flexibility index (Phi) is 4.46. The fourth-order valence-corrected chi connectivity index (χ4v) is 3.80. The quantitative estimate of drug-likeness (QED) is 0.626. The number of hydrogen-bond donors (Lipinski definition) is 0. The number of nitro benzene ring substituents is 1. The van der Waals surface area contributed by atoms with E-state index in [1.54, 1.807) is 44.2 Å². The number of rotatable bonds is 5. The van der Waals surface area contributed by atoms with Crippen LogP contribution in [0.2, 0.25) is 0 Å². The van der Waals surface area contributed by atoms with Gasteiger partial charge in [-0.05, 0) is 38.1 Å². The molecule has 7 heteroatoms. The van der Waals surface area contributed by atoms with Crippen LogP contribution < -0.4 is 4.31 Å². The number of nitro groups is 1. The van der Waals surface area contributed by atoms with Gasteiger partial charge in [-0.2, -0.15) is 0 Å². The molecule has 0 spiro atoms. The van der Waals surface area contributed by atoms with Crippen LogP contribution in [-0.4, -0.2) is 19.4 Å². The summed E-state index contributed by atoms with van der Waals surface area (Å²) in [4.78, 5) is 10.1. The van der Waals surface area contributed by atoms with Crippen molar-refractivity contribution in [2.24, 2.45) is 0 Å². The van der Waals surface area contributed by atoms with Gasteiger partial charge >= 0.3 is 0 Å². The van der Waals surface area contributed by atoms with Crippen molar-refractivity contribution in [1.29, 1.82) is 0 Å². The molecule has 0 aliphatic rings. The van der Waals surface area contributed by atoms with E-state index in [1.807, 2.05) is 0 Å². The van der Waals surface area contributed by atoms with Gasteiger partial charge in [-0.3, -0.25) is 14.4 Å². The molecule has 0 amide bonds. The first kappa shape index (κ1) is 16.0. The molecule has 0 N–H and O–H groups in total. The molecule has 2 aromatic rings. The van der Waals surface area contributed by atoms with E-state index in [9.17, 15) is 18.5 Å². The van der Waals surface area contributed by atoms with Gasteiger partial charge in [0.15, 0.2) is 0 Å². The van der Waals surface area contributed by atoms with E-state index in [0.29, 0.717) is 5.69 Å². The molecule has 116 valence electrons. The first-order valence-electron chi connectivity index (χ1n) is 6.68. The van der Waals surface area contributed by atoms with Crippen LogP contribution in [0.3, 0.4) is 0 Å². The van der Waals surface area contributed by atoms with Crippen LogP contribution in [0.4, 0.5) is 11.4 Å². The molecule has 0 saturated carbocycles. The molecule has 22 heavy (non-hydrogen) atoms. The standard InChI is InChI=1S/C15H16N2O4S/c1-12(2)16(13-6-4-3-5-7-13)22(20,21)15-10-8-14(9-11-15)17(18)19/h3-12H,1-2H3. The second-order valence-electron chi connectivity index (χ2n) is 4.98. The summed E-state index contributed by atoms with van der Waals surface area (Å²) < 4.78 is 26.9. The van der Waals surface area contributed by atoms with Crippen molar-refractivity contribution in [2.75, 3.05) is 4.31 Å². The van der Waals surface area contributed by atoms with Gasteiger partial charge in [0, 0.05) is 18.2 Å². The van der Waals surface area contributed by atoms with Gasteiger partial charge in [-0.1, -0.05) is 18.2 Å². The molecule has 0 aromatic heterocycles. The summed E-state index contributed by atoms with van der Waals surface area (Å²) in [7, 11) is -3.79. The maximum absolute atomic E-state index is 12.8. The third kappa shape index (κ3) is 3.09. The van der Waals surface area contributed by atoms with Crippen molar-refractivity contribution < 1.29 is 13.3 Å². The summed E-state index contributed by atoms with van der Waals surface area (Å²) in [5, 5.41) is 10.7. The molecule has 2 rings (SSSR count). The lowest BCUT2D eigenvalue weighted by atomic mass is 10.3. The van der Waals surface area contributed by atoms with Gasteiger partial charge in [0.05, 0.1) is 15.5 Å². The van der Waals surface area contributed by atoms with Crippen molar-refractivity contribution in [3.8, 4) is 0 Å². The number of non-ortho nitro benzene ring substituents is 1. The minimum absolute atomic E-state index is 0.0238. The molecular weight excluding hydrogens is 304 g/mol. The molecule has 0 heterocycles. The molecule has 0 aliphatic heterocycles. The number of anilines is 1. The lowest BCUT2D eigenvalue weighted by Gasteiger charge is -2.28. The highest BCUT2D eigenvalue weighted by Crippen LogP contribution is 2.26. The molecule has 0 atom stereocenters. The average Bonchev–Trinajstić information content (AvgIpc) is 2.48. The fraction of sp³-hybridized carbons (Fsp3) is 0.200. The lowest BCUT2D eigenvalue weighted by molar-refractivity contribution is -0.384. The highest BCUT2D eigenvalue weighted by molar-refractivity contribution is 7.92. The second-order valence-corrected chi connectivity index (χ2v) is 6.80. The summed E-state index contributed by atoms with van der Waals surface area (Å²) in [6.45, 7) is 3.55. The lowest BCUT2D eigenvalue weighted by Crippen LogP contribution is -2.36. The SMILES string of the molecule is CC(C)N(c1ccccc1)S(=O)(=O)c1ccc([N+](=O)[O-])cc1. The van der Waals surface area contributed by atoms with Gasteiger partial charge in [-0.25, -0.2) is 8.42 Å². The molecule has 2 aromatic carbocycles. The number of benzene rings is 2. The molecule has 0 unspecified atom stereocenters. The highest BCUT2D eigenvalue weighted by atomic mass is 32.2. The Morgan fingerprint density at radius 1 is 1.00 bits per heavy atom. The predicted octanol–water partition coefficient (Wildman–Crippen LogP) is 3.20. The van der Waals surface area contributed by atoms with Crippen LogP contribution >= 0.6 is 0 Å². The van der Waals surface area contributed by atoms with Gasteiger partial charge < -0.3 is 0 Å². The number of hydrogen-bond acceptors (Lipinski definition) is 4. The van der Waals surface area contributed by atoms with Crippen molar-refractivity contribution in [3.05, 3.63) is 64.7 Å². The first-order valence-corrected chi connectivity index (χ1v) is 8.12. The van der Waals surface area contributed by atoms with E-state index in [4.69, 9.17) is 0 Å². The van der Waals surface area contributed by atoms with Gasteiger partial charge in [0.2, 0.25) is 0 Å². The van der Waals surface area contributed by atoms with E-state index in [1.165, 1.54) is 28.6 Å². The van der Waals surface area contributed by atoms with Gasteiger partial charge in [0.1, 0.15) is 0 Å². The van der Waals surface area contributed by atoms with Crippen LogP contribution in [0.25, 0.3) is 0 Å². The molecule has 0 saturated heterocycles. The first-order chi connectivity index (χ1) is 10.3. The minimum Gasteiger partial charge on any atom is -0.264 e. The Morgan fingerprint density at radius 2 is 1.55 bits per heavy atom. The molecule has 0 radical (unpaired) electrons. The van der Waals surface area contributed by atoms with E-state index in [0.717, 1.165) is 0 Å². The molecule has 0 bridgehead atoms. The average molecular weight is 320 g/mol. The smallest absolute Gasteiger partial charge is 0.264 e. The van der Waals surface area contributed by atoms with Gasteiger partial charge in [0.25, 0.3) is 15.7 Å². The van der Waals surface area contributed by atoms with Crippen molar-refractivity contribution in [2.45, 2.75) is 24.8 Å². The van der Waals surface area contributed by atoms with E-state index < -0.39 is 14.9 Å². The van der Waals surface area contributed by atoms with Crippen LogP contribution in [-0.2, 0) is 10.0 Å². The maximum atomic E-state index is 12.8. The zero-order valence-electron chi connectivity index (χ0n) is 12.2. The third-order valence-corrected chi connectivity index (χ3v) is 5.10. The summed E-state index contributed by atoms with van der Waals surface area (Å²) in [6, 6.07) is 13.4. The Balaban J connectivity index is 2.48. The maximum Gasteiger partial charge on any atom is 0.269 e. The van der Waals surface area contributed by atoms with E-state index in [-0.39, 0.29) is 16.6 Å². The van der Waals surface area contributed by atoms with E-state index in [2.05, 4.69) is 0 Å². The zero-order valence-corrected chi connectivity index (χ0v) is 13.0. The predicted molar refractivity (Wildman–Crippen MR) is 84.3 cm³/mol. The summed E-state index contributed by atoms with van der Waals surface area (Å²) in [5.74, 6) is 0. The topological polar surface area (TPSA) is 80.5 Å². The molecular formula is C15H16N2O4S. The third-order valence-electron chi connectivity index (χ3n) is 3.08. The summed E-state index contributed by atoms with van der Waals surface area (Å²) in [6.07, 6.45) is 0. The number of sulfonamides is 1. The molecule has 0 fully saturated rings. The normalized spacial score (nSPS) is 11.4. The Bertz CT molecular complexity index is 756. The number of para-hydroxylation sites is 1.